The predicted molar refractivity (Wildman–Crippen MR) is 113 cm³/mol. The minimum atomic E-state index is -1.03. The van der Waals surface area contributed by atoms with E-state index in [4.69, 9.17) is 14.9 Å². The molecule has 0 spiro atoms. The van der Waals surface area contributed by atoms with Crippen LogP contribution in [0.15, 0.2) is 47.2 Å². The second-order valence-electron chi connectivity index (χ2n) is 6.05. The van der Waals surface area contributed by atoms with E-state index < -0.39 is 12.7 Å². The van der Waals surface area contributed by atoms with Crippen molar-refractivity contribution in [3.05, 3.63) is 48.0 Å². The van der Waals surface area contributed by atoms with Crippen LogP contribution in [0.4, 0.5) is 10.9 Å². The number of nitrogens with zero attached hydrogens (tertiary/aromatic N) is 5. The van der Waals surface area contributed by atoms with Gasteiger partial charge in [0.15, 0.2) is 22.3 Å². The lowest BCUT2D eigenvalue weighted by Crippen LogP contribution is -2.03. The maximum atomic E-state index is 9.74. The number of thiazole rings is 1. The zero-order valence-corrected chi connectivity index (χ0v) is 17.2. The van der Waals surface area contributed by atoms with Gasteiger partial charge in [-0.2, -0.15) is 0 Å². The highest BCUT2D eigenvalue weighted by Gasteiger charge is 2.14. The normalized spacial score (nSPS) is 12.2. The molecule has 0 fully saturated rings. The van der Waals surface area contributed by atoms with Gasteiger partial charge >= 0.3 is 0 Å². The van der Waals surface area contributed by atoms with Crippen LogP contribution in [0, 0.1) is 0 Å². The Labute approximate surface area is 179 Å². The van der Waals surface area contributed by atoms with E-state index in [2.05, 4.69) is 25.5 Å². The van der Waals surface area contributed by atoms with E-state index >= 15 is 0 Å². The molecule has 156 valence electrons. The van der Waals surface area contributed by atoms with Gasteiger partial charge in [-0.15, -0.1) is 33.3 Å². The summed E-state index contributed by atoms with van der Waals surface area (Å²) in [6.45, 7) is -0.350. The third-order valence-electron chi connectivity index (χ3n) is 3.95. The Hall–Kier alpha value is -2.77. The van der Waals surface area contributed by atoms with Crippen LogP contribution >= 0.6 is 23.1 Å². The molecular formula is C18H18N6O4S2. The molecule has 0 aliphatic carbocycles. The SMILES string of the molecule is OCCSc1cnc(Nc2nc(C(O)CO)cs2)c(Oc2ccn3cnnc3c2)c1. The average molecular weight is 447 g/mol. The molecule has 4 N–H and O–H groups in total. The third kappa shape index (κ3) is 4.68. The molecule has 0 aromatic carbocycles. The van der Waals surface area contributed by atoms with E-state index in [1.807, 2.05) is 6.07 Å². The Bertz CT molecular complexity index is 1130. The number of aliphatic hydroxyl groups excluding tert-OH is 3. The summed E-state index contributed by atoms with van der Waals surface area (Å²) in [5.41, 5.74) is 1.02. The van der Waals surface area contributed by atoms with Gasteiger partial charge in [0, 0.05) is 34.5 Å². The molecule has 30 heavy (non-hydrogen) atoms. The number of nitrogens with one attached hydrogen (secondary N) is 1. The van der Waals surface area contributed by atoms with Crippen LogP contribution in [0.1, 0.15) is 11.8 Å². The second-order valence-corrected chi connectivity index (χ2v) is 8.08. The molecule has 10 nitrogen and oxygen atoms in total. The quantitative estimate of drug-likeness (QED) is 0.283. The largest absolute Gasteiger partial charge is 0.453 e. The maximum Gasteiger partial charge on any atom is 0.188 e. The highest BCUT2D eigenvalue weighted by atomic mass is 32.2. The summed E-state index contributed by atoms with van der Waals surface area (Å²) in [6, 6.07) is 5.36. The van der Waals surface area contributed by atoms with E-state index in [0.717, 1.165) is 4.90 Å². The van der Waals surface area contributed by atoms with Crippen molar-refractivity contribution in [3.8, 4) is 11.5 Å². The molecule has 0 saturated carbocycles. The summed E-state index contributed by atoms with van der Waals surface area (Å²) in [4.78, 5) is 9.54. The van der Waals surface area contributed by atoms with Crippen LogP contribution in [0.25, 0.3) is 5.65 Å². The first-order valence-corrected chi connectivity index (χ1v) is 10.7. The van der Waals surface area contributed by atoms with Gasteiger partial charge in [-0.05, 0) is 12.1 Å². The lowest BCUT2D eigenvalue weighted by atomic mass is 10.3. The first kappa shape index (κ1) is 20.5. The number of thioether (sulfide) groups is 1. The van der Waals surface area contributed by atoms with Gasteiger partial charge in [0.05, 0.1) is 18.9 Å². The van der Waals surface area contributed by atoms with Crippen molar-refractivity contribution in [1.29, 1.82) is 0 Å². The molecule has 4 aromatic heterocycles. The van der Waals surface area contributed by atoms with Crippen LogP contribution < -0.4 is 10.1 Å². The molecule has 4 rings (SSSR count). The van der Waals surface area contributed by atoms with Gasteiger partial charge in [0.2, 0.25) is 0 Å². The average Bonchev–Trinajstić information content (AvgIpc) is 3.42. The molecule has 0 bridgehead atoms. The summed E-state index contributed by atoms with van der Waals surface area (Å²) in [7, 11) is 0. The smallest absolute Gasteiger partial charge is 0.188 e. The minimum Gasteiger partial charge on any atom is -0.453 e. The highest BCUT2D eigenvalue weighted by Crippen LogP contribution is 2.34. The zero-order chi connectivity index (χ0) is 20.9. The number of ether oxygens (including phenoxy) is 1. The first-order valence-electron chi connectivity index (χ1n) is 8.88. The van der Waals surface area contributed by atoms with Crippen molar-refractivity contribution in [1.82, 2.24) is 24.6 Å². The van der Waals surface area contributed by atoms with E-state index in [0.29, 0.717) is 39.5 Å². The number of fused-ring (bicyclic) bond motifs is 1. The lowest BCUT2D eigenvalue weighted by Gasteiger charge is -2.12. The molecule has 0 radical (unpaired) electrons. The van der Waals surface area contributed by atoms with Crippen molar-refractivity contribution in [2.75, 3.05) is 24.3 Å². The van der Waals surface area contributed by atoms with E-state index in [-0.39, 0.29) is 6.61 Å². The summed E-state index contributed by atoms with van der Waals surface area (Å²) >= 11 is 2.73. The van der Waals surface area contributed by atoms with Crippen molar-refractivity contribution >= 4 is 39.7 Å². The molecule has 0 aliphatic rings. The fraction of sp³-hybridized carbons (Fsp3) is 0.222. The van der Waals surface area contributed by atoms with Crippen LogP contribution in [0.3, 0.4) is 0 Å². The predicted octanol–water partition coefficient (Wildman–Crippen LogP) is 2.23. The topological polar surface area (TPSA) is 138 Å². The Morgan fingerprint density at radius 3 is 3.03 bits per heavy atom. The van der Waals surface area contributed by atoms with Crippen LogP contribution in [-0.4, -0.2) is 58.9 Å². The molecule has 1 unspecified atom stereocenters. The van der Waals surface area contributed by atoms with Crippen LogP contribution in [-0.2, 0) is 0 Å². The van der Waals surface area contributed by atoms with Crippen molar-refractivity contribution < 1.29 is 20.1 Å². The van der Waals surface area contributed by atoms with Crippen LogP contribution in [0.5, 0.6) is 11.5 Å². The zero-order valence-electron chi connectivity index (χ0n) is 15.5. The van der Waals surface area contributed by atoms with Gasteiger partial charge < -0.3 is 25.4 Å². The first-order chi connectivity index (χ1) is 14.7. The Morgan fingerprint density at radius 1 is 1.30 bits per heavy atom. The monoisotopic (exact) mass is 446 g/mol. The number of hydrogen-bond donors (Lipinski definition) is 4. The summed E-state index contributed by atoms with van der Waals surface area (Å²) < 4.78 is 7.83. The lowest BCUT2D eigenvalue weighted by molar-refractivity contribution is 0.0928. The molecule has 4 aromatic rings. The van der Waals surface area contributed by atoms with Gasteiger partial charge in [0.25, 0.3) is 0 Å². The molecule has 0 aliphatic heterocycles. The Morgan fingerprint density at radius 2 is 2.20 bits per heavy atom. The minimum absolute atomic E-state index is 0.0550. The fourth-order valence-corrected chi connectivity index (χ4v) is 3.92. The summed E-state index contributed by atoms with van der Waals surface area (Å²) in [5, 5.41) is 41.0. The van der Waals surface area contributed by atoms with E-state index in [9.17, 15) is 5.11 Å². The number of aromatic nitrogens is 5. The van der Waals surface area contributed by atoms with Crippen LogP contribution in [0.2, 0.25) is 0 Å². The highest BCUT2D eigenvalue weighted by molar-refractivity contribution is 7.99. The molecule has 0 amide bonds. The molecule has 0 saturated heterocycles. The third-order valence-corrected chi connectivity index (χ3v) is 5.67. The second kappa shape index (κ2) is 9.36. The van der Waals surface area contributed by atoms with Crippen molar-refractivity contribution in [3.63, 3.8) is 0 Å². The number of aliphatic hydroxyl groups is 3. The number of hydrogen-bond acceptors (Lipinski definition) is 11. The number of anilines is 2. The Balaban J connectivity index is 1.62. The molecule has 4 heterocycles. The standard InChI is InChI=1S/C18H18N6O4S2/c25-3-4-29-12-6-15(28-11-1-2-24-10-20-23-16(24)5-11)17(19-7-12)22-18-21-13(9-30-18)14(27)8-26/h1-2,5-7,9-10,14,25-27H,3-4,8H2,(H,19,21,22). The van der Waals surface area contributed by atoms with E-state index in [1.165, 1.54) is 23.1 Å². The fourth-order valence-electron chi connectivity index (χ4n) is 2.52. The van der Waals surface area contributed by atoms with E-state index in [1.54, 1.807) is 40.6 Å². The molecule has 12 heteroatoms. The number of pyridine rings is 2. The summed E-state index contributed by atoms with van der Waals surface area (Å²) in [6.07, 6.45) is 4.03. The maximum absolute atomic E-state index is 9.74. The van der Waals surface area contributed by atoms with Gasteiger partial charge in [-0.3, -0.25) is 4.40 Å². The van der Waals surface area contributed by atoms with Gasteiger partial charge in [-0.1, -0.05) is 0 Å². The molecule has 1 atom stereocenters. The molecular weight excluding hydrogens is 428 g/mol. The van der Waals surface area contributed by atoms with Crippen molar-refractivity contribution in [2.45, 2.75) is 11.0 Å². The Kier molecular flexibility index (Phi) is 6.40. The van der Waals surface area contributed by atoms with Gasteiger partial charge in [-0.25, -0.2) is 9.97 Å². The van der Waals surface area contributed by atoms with Crippen molar-refractivity contribution in [2.24, 2.45) is 0 Å². The van der Waals surface area contributed by atoms with Gasteiger partial charge in [0.1, 0.15) is 18.2 Å². The number of rotatable bonds is 9. The summed E-state index contributed by atoms with van der Waals surface area (Å²) in [5.74, 6) is 1.99.